The Kier molecular flexibility index (Phi) is 4.27. The molecule has 1 heterocycles. The minimum absolute atomic E-state index is 0.300. The summed E-state index contributed by atoms with van der Waals surface area (Å²) in [7, 11) is 1.98. The summed E-state index contributed by atoms with van der Waals surface area (Å²) < 4.78 is 0. The molecule has 0 saturated carbocycles. The molecule has 2 rings (SSSR count). The largest absolute Gasteiger partial charge is 0.398 e. The molecule has 1 aromatic heterocycles. The third-order valence-electron chi connectivity index (χ3n) is 3.10. The van der Waals surface area contributed by atoms with Crippen LogP contribution >= 0.6 is 22.9 Å². The minimum Gasteiger partial charge on any atom is -0.398 e. The van der Waals surface area contributed by atoms with Crippen LogP contribution in [0.3, 0.4) is 0 Å². The highest BCUT2D eigenvalue weighted by molar-refractivity contribution is 7.10. The Labute approximate surface area is 117 Å². The molecular formula is C14H17ClN2S. The van der Waals surface area contributed by atoms with Crippen LogP contribution in [0.2, 0.25) is 5.02 Å². The predicted octanol–water partition coefficient (Wildman–Crippen LogP) is 3.80. The van der Waals surface area contributed by atoms with Crippen LogP contribution in [0.5, 0.6) is 0 Å². The lowest BCUT2D eigenvalue weighted by molar-refractivity contribution is 0.600. The minimum atomic E-state index is 0.300. The van der Waals surface area contributed by atoms with Crippen molar-refractivity contribution in [3.8, 4) is 0 Å². The number of hydrogen-bond donors (Lipinski definition) is 2. The van der Waals surface area contributed by atoms with Gasteiger partial charge in [0.05, 0.1) is 0 Å². The summed E-state index contributed by atoms with van der Waals surface area (Å²) in [5, 5.41) is 6.17. The maximum Gasteiger partial charge on any atom is 0.0456 e. The molecule has 0 aliphatic heterocycles. The number of nitrogens with one attached hydrogen (secondary N) is 1. The van der Waals surface area contributed by atoms with E-state index in [4.69, 9.17) is 17.3 Å². The fourth-order valence-corrected chi connectivity index (χ4v) is 3.26. The third-order valence-corrected chi connectivity index (χ3v) is 4.47. The fraction of sp³-hybridized carbons (Fsp3) is 0.286. The molecule has 0 spiro atoms. The van der Waals surface area contributed by atoms with Crippen LogP contribution in [0.1, 0.15) is 22.0 Å². The summed E-state index contributed by atoms with van der Waals surface area (Å²) >= 11 is 7.70. The lowest BCUT2D eigenvalue weighted by atomic mass is 10.0. The Morgan fingerprint density at radius 3 is 2.72 bits per heavy atom. The van der Waals surface area contributed by atoms with Crippen molar-refractivity contribution in [1.82, 2.24) is 5.32 Å². The molecule has 1 atom stereocenters. The Morgan fingerprint density at radius 2 is 2.17 bits per heavy atom. The number of nitrogens with two attached hydrogens (primary N) is 1. The van der Waals surface area contributed by atoms with Gasteiger partial charge in [0.15, 0.2) is 0 Å². The number of halogens is 1. The second-order valence-electron chi connectivity index (χ2n) is 4.36. The molecule has 0 aliphatic carbocycles. The molecule has 3 N–H and O–H groups in total. The summed E-state index contributed by atoms with van der Waals surface area (Å²) in [6.45, 7) is 2.14. The first-order chi connectivity index (χ1) is 8.61. The first-order valence-electron chi connectivity index (χ1n) is 5.87. The number of thiophene rings is 1. The number of anilines is 1. The summed E-state index contributed by atoms with van der Waals surface area (Å²) in [4.78, 5) is 1.37. The van der Waals surface area contributed by atoms with Crippen LogP contribution in [-0.4, -0.2) is 7.05 Å². The first-order valence-corrected chi connectivity index (χ1v) is 7.12. The van der Waals surface area contributed by atoms with Crippen molar-refractivity contribution in [2.75, 3.05) is 12.8 Å². The van der Waals surface area contributed by atoms with Gasteiger partial charge in [-0.2, -0.15) is 0 Å². The van der Waals surface area contributed by atoms with Crippen molar-refractivity contribution in [1.29, 1.82) is 0 Å². The van der Waals surface area contributed by atoms with E-state index < -0.39 is 0 Å². The van der Waals surface area contributed by atoms with Crippen molar-refractivity contribution in [3.63, 3.8) is 0 Å². The van der Waals surface area contributed by atoms with Crippen molar-refractivity contribution in [2.24, 2.45) is 0 Å². The molecular weight excluding hydrogens is 264 g/mol. The Hall–Kier alpha value is -1.03. The Balaban J connectivity index is 2.23. The molecule has 2 nitrogen and oxygen atoms in total. The van der Waals surface area contributed by atoms with E-state index in [9.17, 15) is 0 Å². The second kappa shape index (κ2) is 5.74. The van der Waals surface area contributed by atoms with Gasteiger partial charge in [-0.25, -0.2) is 0 Å². The van der Waals surface area contributed by atoms with Gasteiger partial charge in [-0.1, -0.05) is 17.7 Å². The maximum absolute atomic E-state index is 6.01. The van der Waals surface area contributed by atoms with Crippen molar-refractivity contribution >= 4 is 28.6 Å². The number of aryl methyl sites for hydroxylation is 1. The Bertz CT molecular complexity index is 536. The zero-order valence-electron chi connectivity index (χ0n) is 10.5. The zero-order valence-corrected chi connectivity index (χ0v) is 12.1. The molecule has 4 heteroatoms. The summed E-state index contributed by atoms with van der Waals surface area (Å²) in [6.07, 6.45) is 0.876. The van der Waals surface area contributed by atoms with E-state index >= 15 is 0 Å². The van der Waals surface area contributed by atoms with Gasteiger partial charge in [0, 0.05) is 21.6 Å². The van der Waals surface area contributed by atoms with Gasteiger partial charge in [0.25, 0.3) is 0 Å². The van der Waals surface area contributed by atoms with Crippen LogP contribution in [0.4, 0.5) is 5.69 Å². The molecule has 18 heavy (non-hydrogen) atoms. The molecule has 2 aromatic rings. The van der Waals surface area contributed by atoms with Gasteiger partial charge in [-0.15, -0.1) is 11.3 Å². The number of nitrogen functional groups attached to an aromatic ring is 1. The quantitative estimate of drug-likeness (QED) is 0.836. The van der Waals surface area contributed by atoms with E-state index in [1.54, 1.807) is 11.3 Å². The van der Waals surface area contributed by atoms with Gasteiger partial charge in [-0.3, -0.25) is 0 Å². The van der Waals surface area contributed by atoms with E-state index in [2.05, 4.69) is 23.7 Å². The summed E-state index contributed by atoms with van der Waals surface area (Å²) in [5.74, 6) is 0. The van der Waals surface area contributed by atoms with Gasteiger partial charge < -0.3 is 11.1 Å². The second-order valence-corrected chi connectivity index (χ2v) is 5.74. The zero-order chi connectivity index (χ0) is 13.1. The standard InChI is InChI=1S/C14H17ClN2S/c1-9-5-6-18-14(9)13(17-2)7-10-3-4-11(15)8-12(10)16/h3-6,8,13,17H,7,16H2,1-2H3. The first kappa shape index (κ1) is 13.4. The highest BCUT2D eigenvalue weighted by Gasteiger charge is 2.15. The highest BCUT2D eigenvalue weighted by Crippen LogP contribution is 2.29. The molecule has 0 bridgehead atoms. The molecule has 1 aromatic carbocycles. The Morgan fingerprint density at radius 1 is 1.39 bits per heavy atom. The topological polar surface area (TPSA) is 38.0 Å². The van der Waals surface area contributed by atoms with Gasteiger partial charge in [0.1, 0.15) is 0 Å². The number of benzene rings is 1. The van der Waals surface area contributed by atoms with Crippen LogP contribution in [-0.2, 0) is 6.42 Å². The molecule has 0 amide bonds. The van der Waals surface area contributed by atoms with Gasteiger partial charge in [0.2, 0.25) is 0 Å². The normalized spacial score (nSPS) is 12.6. The molecule has 1 unspecified atom stereocenters. The molecule has 0 radical (unpaired) electrons. The SMILES string of the molecule is CNC(Cc1ccc(Cl)cc1N)c1sccc1C. The van der Waals surface area contributed by atoms with E-state index in [0.717, 1.165) is 17.7 Å². The number of hydrogen-bond acceptors (Lipinski definition) is 3. The summed E-state index contributed by atoms with van der Waals surface area (Å²) in [6, 6.07) is 8.15. The van der Waals surface area contributed by atoms with Crippen LogP contribution in [0, 0.1) is 6.92 Å². The number of rotatable bonds is 4. The van der Waals surface area contributed by atoms with Crippen LogP contribution < -0.4 is 11.1 Å². The van der Waals surface area contributed by atoms with Crippen molar-refractivity contribution < 1.29 is 0 Å². The number of likely N-dealkylation sites (N-methyl/N-ethyl adjacent to an activating group) is 1. The molecule has 0 saturated heterocycles. The van der Waals surface area contributed by atoms with Crippen molar-refractivity contribution in [3.05, 3.63) is 50.7 Å². The van der Waals surface area contributed by atoms with Gasteiger partial charge in [-0.05, 0) is 55.1 Å². The molecule has 0 aliphatic rings. The monoisotopic (exact) mass is 280 g/mol. The fourth-order valence-electron chi connectivity index (χ4n) is 2.04. The highest BCUT2D eigenvalue weighted by atomic mass is 35.5. The van der Waals surface area contributed by atoms with E-state index in [1.165, 1.54) is 10.4 Å². The van der Waals surface area contributed by atoms with Crippen molar-refractivity contribution in [2.45, 2.75) is 19.4 Å². The van der Waals surface area contributed by atoms with Crippen LogP contribution in [0.25, 0.3) is 0 Å². The lowest BCUT2D eigenvalue weighted by Crippen LogP contribution is -2.19. The summed E-state index contributed by atoms with van der Waals surface area (Å²) in [5.41, 5.74) is 9.22. The average Bonchev–Trinajstić information content (AvgIpc) is 2.75. The predicted molar refractivity (Wildman–Crippen MR) is 80.4 cm³/mol. The lowest BCUT2D eigenvalue weighted by Gasteiger charge is -2.17. The third kappa shape index (κ3) is 2.86. The van der Waals surface area contributed by atoms with E-state index in [-0.39, 0.29) is 0 Å². The average molecular weight is 281 g/mol. The van der Waals surface area contributed by atoms with Gasteiger partial charge >= 0.3 is 0 Å². The van der Waals surface area contributed by atoms with E-state index in [1.807, 2.05) is 25.2 Å². The molecule has 0 fully saturated rings. The van der Waals surface area contributed by atoms with Crippen LogP contribution in [0.15, 0.2) is 29.6 Å². The smallest absolute Gasteiger partial charge is 0.0456 e. The van der Waals surface area contributed by atoms with E-state index in [0.29, 0.717) is 11.1 Å². The molecule has 96 valence electrons. The maximum atomic E-state index is 6.01.